The Balaban J connectivity index is 0.00000242. The van der Waals surface area contributed by atoms with E-state index in [1.165, 1.54) is 0 Å². The zero-order valence-electron chi connectivity index (χ0n) is 13.7. The molecule has 124 valence electrons. The van der Waals surface area contributed by atoms with E-state index in [4.69, 9.17) is 5.73 Å². The monoisotopic (exact) mass is 324 g/mol. The van der Waals surface area contributed by atoms with Gasteiger partial charge < -0.3 is 11.1 Å². The number of hydrogen-bond donors (Lipinski definition) is 2. The largest absolute Gasteiger partial charge is 0.353 e. The summed E-state index contributed by atoms with van der Waals surface area (Å²) in [7, 11) is 0. The lowest BCUT2D eigenvalue weighted by molar-refractivity contribution is -0.127. The summed E-state index contributed by atoms with van der Waals surface area (Å²) in [6.45, 7) is 4.73. The summed E-state index contributed by atoms with van der Waals surface area (Å²) in [6, 6.07) is 10.2. The Morgan fingerprint density at radius 3 is 2.23 bits per heavy atom. The van der Waals surface area contributed by atoms with E-state index in [-0.39, 0.29) is 29.3 Å². The molecule has 1 amide bonds. The summed E-state index contributed by atoms with van der Waals surface area (Å²) in [5, 5.41) is 3.14. The molecule has 1 aliphatic carbocycles. The standard InChI is InChI=1S/C18H28N2O.ClH/c1-3-17(19,4-2)14-20-16(21)18(12-8-9-13-18)15-10-6-5-7-11-15;/h5-7,10-11H,3-4,8-9,12-14,19H2,1-2H3,(H,20,21);1H. The number of amides is 1. The third-order valence-corrected chi connectivity index (χ3v) is 5.23. The fourth-order valence-corrected chi connectivity index (χ4v) is 3.31. The van der Waals surface area contributed by atoms with Gasteiger partial charge in [0.1, 0.15) is 0 Å². The molecule has 0 aromatic heterocycles. The minimum absolute atomic E-state index is 0. The molecule has 2 rings (SSSR count). The molecule has 1 aliphatic rings. The number of carbonyl (C=O) groups is 1. The first-order valence-corrected chi connectivity index (χ1v) is 8.19. The fourth-order valence-electron chi connectivity index (χ4n) is 3.31. The van der Waals surface area contributed by atoms with Crippen molar-refractivity contribution in [1.82, 2.24) is 5.32 Å². The molecule has 0 bridgehead atoms. The number of benzene rings is 1. The van der Waals surface area contributed by atoms with Crippen molar-refractivity contribution in [3.8, 4) is 0 Å². The van der Waals surface area contributed by atoms with Gasteiger partial charge in [-0.1, -0.05) is 57.0 Å². The van der Waals surface area contributed by atoms with Crippen LogP contribution in [0.2, 0.25) is 0 Å². The van der Waals surface area contributed by atoms with Gasteiger partial charge in [-0.15, -0.1) is 12.4 Å². The van der Waals surface area contributed by atoms with Gasteiger partial charge in [0.15, 0.2) is 0 Å². The van der Waals surface area contributed by atoms with Gasteiger partial charge in [-0.2, -0.15) is 0 Å². The van der Waals surface area contributed by atoms with Crippen LogP contribution in [-0.4, -0.2) is 18.0 Å². The minimum atomic E-state index is -0.344. The van der Waals surface area contributed by atoms with Crippen molar-refractivity contribution >= 4 is 18.3 Å². The van der Waals surface area contributed by atoms with Gasteiger partial charge in [0, 0.05) is 12.1 Å². The van der Waals surface area contributed by atoms with Crippen LogP contribution < -0.4 is 11.1 Å². The molecule has 22 heavy (non-hydrogen) atoms. The van der Waals surface area contributed by atoms with Gasteiger partial charge in [0.25, 0.3) is 0 Å². The van der Waals surface area contributed by atoms with Crippen LogP contribution in [0.1, 0.15) is 57.9 Å². The zero-order valence-corrected chi connectivity index (χ0v) is 14.5. The van der Waals surface area contributed by atoms with Crippen LogP contribution in [0.15, 0.2) is 30.3 Å². The van der Waals surface area contributed by atoms with Gasteiger partial charge in [-0.3, -0.25) is 4.79 Å². The van der Waals surface area contributed by atoms with Crippen LogP contribution in [0, 0.1) is 0 Å². The van der Waals surface area contributed by atoms with E-state index >= 15 is 0 Å². The Hall–Kier alpha value is -1.06. The average Bonchev–Trinajstić information content (AvgIpc) is 3.04. The van der Waals surface area contributed by atoms with E-state index in [0.29, 0.717) is 6.54 Å². The molecule has 3 N–H and O–H groups in total. The quantitative estimate of drug-likeness (QED) is 0.840. The van der Waals surface area contributed by atoms with Crippen molar-refractivity contribution in [2.75, 3.05) is 6.54 Å². The summed E-state index contributed by atoms with van der Waals surface area (Å²) in [6.07, 6.45) is 5.89. The van der Waals surface area contributed by atoms with E-state index in [0.717, 1.165) is 44.1 Å². The summed E-state index contributed by atoms with van der Waals surface area (Å²) < 4.78 is 0. The maximum Gasteiger partial charge on any atom is 0.230 e. The number of nitrogens with one attached hydrogen (secondary N) is 1. The summed E-state index contributed by atoms with van der Waals surface area (Å²) >= 11 is 0. The molecule has 1 fully saturated rings. The molecule has 0 saturated heterocycles. The van der Waals surface area contributed by atoms with E-state index in [1.54, 1.807) is 0 Å². The average molecular weight is 325 g/mol. The second-order valence-corrected chi connectivity index (χ2v) is 6.41. The third-order valence-electron chi connectivity index (χ3n) is 5.23. The molecule has 1 saturated carbocycles. The van der Waals surface area contributed by atoms with E-state index in [1.807, 2.05) is 18.2 Å². The van der Waals surface area contributed by atoms with Crippen molar-refractivity contribution in [2.45, 2.75) is 63.3 Å². The smallest absolute Gasteiger partial charge is 0.230 e. The number of rotatable bonds is 6. The van der Waals surface area contributed by atoms with E-state index in [2.05, 4.69) is 31.3 Å². The van der Waals surface area contributed by atoms with E-state index in [9.17, 15) is 4.79 Å². The Kier molecular flexibility index (Phi) is 6.89. The molecule has 1 aromatic rings. The Morgan fingerprint density at radius 1 is 1.18 bits per heavy atom. The van der Waals surface area contributed by atoms with Crippen molar-refractivity contribution in [2.24, 2.45) is 5.73 Å². The number of hydrogen-bond acceptors (Lipinski definition) is 2. The molecule has 0 atom stereocenters. The van der Waals surface area contributed by atoms with Gasteiger partial charge in [0.2, 0.25) is 5.91 Å². The van der Waals surface area contributed by atoms with Crippen LogP contribution in [0.4, 0.5) is 0 Å². The normalized spacial score (nSPS) is 16.9. The highest BCUT2D eigenvalue weighted by atomic mass is 35.5. The topological polar surface area (TPSA) is 55.1 Å². The Morgan fingerprint density at radius 2 is 1.73 bits per heavy atom. The van der Waals surface area contributed by atoms with Crippen LogP contribution in [0.5, 0.6) is 0 Å². The van der Waals surface area contributed by atoms with Crippen molar-refractivity contribution < 1.29 is 4.79 Å². The fraction of sp³-hybridized carbons (Fsp3) is 0.611. The maximum absolute atomic E-state index is 12.9. The predicted octanol–water partition coefficient (Wildman–Crippen LogP) is 3.55. The lowest BCUT2D eigenvalue weighted by Crippen LogP contribution is -2.53. The summed E-state index contributed by atoms with van der Waals surface area (Å²) in [5.41, 5.74) is 6.83. The third kappa shape index (κ3) is 3.82. The summed E-state index contributed by atoms with van der Waals surface area (Å²) in [4.78, 5) is 12.9. The highest BCUT2D eigenvalue weighted by Crippen LogP contribution is 2.41. The van der Waals surface area contributed by atoms with E-state index < -0.39 is 0 Å². The first-order valence-electron chi connectivity index (χ1n) is 8.19. The Labute approximate surface area is 140 Å². The Bertz CT molecular complexity index is 465. The SMILES string of the molecule is CCC(N)(CC)CNC(=O)C1(c2ccccc2)CCCC1.Cl. The maximum atomic E-state index is 12.9. The molecule has 3 nitrogen and oxygen atoms in total. The molecule has 0 aliphatic heterocycles. The van der Waals surface area contributed by atoms with Gasteiger partial charge in [-0.25, -0.2) is 0 Å². The van der Waals surface area contributed by atoms with Crippen LogP contribution in [0.25, 0.3) is 0 Å². The minimum Gasteiger partial charge on any atom is -0.353 e. The summed E-state index contributed by atoms with van der Waals surface area (Å²) in [5.74, 6) is 0.155. The van der Waals surface area contributed by atoms with Gasteiger partial charge in [0.05, 0.1) is 5.41 Å². The molecular formula is C18H29ClN2O. The molecule has 0 spiro atoms. The second-order valence-electron chi connectivity index (χ2n) is 6.41. The molecule has 0 unspecified atom stereocenters. The highest BCUT2D eigenvalue weighted by Gasteiger charge is 2.42. The van der Waals surface area contributed by atoms with Gasteiger partial charge >= 0.3 is 0 Å². The number of carbonyl (C=O) groups excluding carboxylic acids is 1. The van der Waals surface area contributed by atoms with Gasteiger partial charge in [-0.05, 0) is 31.2 Å². The van der Waals surface area contributed by atoms with Crippen molar-refractivity contribution in [3.05, 3.63) is 35.9 Å². The molecule has 4 heteroatoms. The predicted molar refractivity (Wildman–Crippen MR) is 94.3 cm³/mol. The van der Waals surface area contributed by atoms with Crippen LogP contribution in [0.3, 0.4) is 0 Å². The first kappa shape index (κ1) is 19.0. The molecule has 1 aromatic carbocycles. The lowest BCUT2D eigenvalue weighted by atomic mass is 9.77. The zero-order chi connectivity index (χ0) is 15.3. The molecular weight excluding hydrogens is 296 g/mol. The molecule has 0 radical (unpaired) electrons. The van der Waals surface area contributed by atoms with Crippen LogP contribution >= 0.6 is 12.4 Å². The number of nitrogens with two attached hydrogens (primary N) is 1. The highest BCUT2D eigenvalue weighted by molar-refractivity contribution is 5.88. The lowest BCUT2D eigenvalue weighted by Gasteiger charge is -2.32. The number of halogens is 1. The van der Waals surface area contributed by atoms with Crippen LogP contribution in [-0.2, 0) is 10.2 Å². The molecule has 0 heterocycles. The van der Waals surface area contributed by atoms with Crippen molar-refractivity contribution in [3.63, 3.8) is 0 Å². The first-order chi connectivity index (χ1) is 10.1. The second kappa shape index (κ2) is 7.98. The van der Waals surface area contributed by atoms with Crippen molar-refractivity contribution in [1.29, 1.82) is 0 Å².